The van der Waals surface area contributed by atoms with Crippen molar-refractivity contribution >= 4 is 39.3 Å². The minimum atomic E-state index is -3.67. The maximum Gasteiger partial charge on any atom is 0.243 e. The maximum atomic E-state index is 13.3. The molecule has 0 aliphatic carbocycles. The van der Waals surface area contributed by atoms with Crippen molar-refractivity contribution in [1.29, 1.82) is 0 Å². The molecule has 0 radical (unpaired) electrons. The molecule has 10 heteroatoms. The molecule has 8 nitrogen and oxygen atoms in total. The Bertz CT molecular complexity index is 1160. The Balaban J connectivity index is 1.52. The second-order valence-electron chi connectivity index (χ2n) is 8.30. The number of hydrogen-bond acceptors (Lipinski definition) is 6. The van der Waals surface area contributed by atoms with Crippen LogP contribution in [0.3, 0.4) is 0 Å². The zero-order chi connectivity index (χ0) is 24.1. The van der Waals surface area contributed by atoms with Gasteiger partial charge in [0.2, 0.25) is 21.8 Å². The van der Waals surface area contributed by atoms with Crippen molar-refractivity contribution in [1.82, 2.24) is 9.62 Å². The standard InChI is InChI=1S/C24H29N3O5S2/c1-32-21-9-5-4-8-18(21)15-25-23(28)16-27-20-14-19(10-11-22(20)33-17-24(27)29)34(30,31)26-12-6-2-3-7-13-26/h4-5,8-11,14H,2-3,6-7,12-13,15-17H2,1H3,(H,25,28). The van der Waals surface area contributed by atoms with E-state index < -0.39 is 10.0 Å². The second-order valence-corrected chi connectivity index (χ2v) is 11.3. The van der Waals surface area contributed by atoms with Gasteiger partial charge in [0.1, 0.15) is 12.3 Å². The molecule has 0 aromatic heterocycles. The van der Waals surface area contributed by atoms with Crippen LogP contribution in [0.25, 0.3) is 0 Å². The number of anilines is 1. The van der Waals surface area contributed by atoms with E-state index in [4.69, 9.17) is 4.74 Å². The van der Waals surface area contributed by atoms with Crippen molar-refractivity contribution in [2.75, 3.05) is 37.4 Å². The molecule has 2 aromatic carbocycles. The fraction of sp³-hybridized carbons (Fsp3) is 0.417. The van der Waals surface area contributed by atoms with E-state index in [0.29, 0.717) is 24.5 Å². The van der Waals surface area contributed by atoms with E-state index in [0.717, 1.165) is 36.1 Å². The van der Waals surface area contributed by atoms with Gasteiger partial charge in [-0.25, -0.2) is 8.42 Å². The number of nitrogens with one attached hydrogen (secondary N) is 1. The Labute approximate surface area is 204 Å². The van der Waals surface area contributed by atoms with E-state index in [9.17, 15) is 18.0 Å². The van der Waals surface area contributed by atoms with Crippen LogP contribution in [0.4, 0.5) is 5.69 Å². The highest BCUT2D eigenvalue weighted by Crippen LogP contribution is 2.37. The minimum absolute atomic E-state index is 0.155. The largest absolute Gasteiger partial charge is 0.496 e. The van der Waals surface area contributed by atoms with Crippen molar-refractivity contribution in [3.8, 4) is 5.75 Å². The number of ether oxygens (including phenoxy) is 1. The number of carbonyl (C=O) groups excluding carboxylic acids is 2. The van der Waals surface area contributed by atoms with Crippen LogP contribution >= 0.6 is 11.8 Å². The van der Waals surface area contributed by atoms with Gasteiger partial charge in [-0.2, -0.15) is 4.31 Å². The van der Waals surface area contributed by atoms with Crippen molar-refractivity contribution in [3.05, 3.63) is 48.0 Å². The van der Waals surface area contributed by atoms with Gasteiger partial charge >= 0.3 is 0 Å². The average molecular weight is 504 g/mol. The van der Waals surface area contributed by atoms with Gasteiger partial charge in [0, 0.05) is 30.1 Å². The van der Waals surface area contributed by atoms with E-state index in [-0.39, 0.29) is 35.6 Å². The third kappa shape index (κ3) is 5.39. The molecule has 2 aromatic rings. The van der Waals surface area contributed by atoms with Crippen LogP contribution in [-0.2, 0) is 26.2 Å². The molecule has 2 aliphatic heterocycles. The number of rotatable bonds is 7. The minimum Gasteiger partial charge on any atom is -0.496 e. The molecule has 4 rings (SSSR count). The molecule has 0 unspecified atom stereocenters. The summed E-state index contributed by atoms with van der Waals surface area (Å²) in [4.78, 5) is 27.8. The number of benzene rings is 2. The number of hydrogen-bond donors (Lipinski definition) is 1. The summed E-state index contributed by atoms with van der Waals surface area (Å²) in [7, 11) is -2.10. The summed E-state index contributed by atoms with van der Waals surface area (Å²) in [6.45, 7) is 1.08. The van der Waals surface area contributed by atoms with E-state index in [1.54, 1.807) is 19.2 Å². The van der Waals surface area contributed by atoms with Crippen LogP contribution in [0.1, 0.15) is 31.2 Å². The van der Waals surface area contributed by atoms with Crippen LogP contribution in [0.5, 0.6) is 5.75 Å². The lowest BCUT2D eigenvalue weighted by Gasteiger charge is -2.29. The van der Waals surface area contributed by atoms with E-state index in [2.05, 4.69) is 5.32 Å². The third-order valence-electron chi connectivity index (χ3n) is 6.05. The van der Waals surface area contributed by atoms with Gasteiger partial charge in [0.15, 0.2) is 0 Å². The van der Waals surface area contributed by atoms with E-state index >= 15 is 0 Å². The van der Waals surface area contributed by atoms with Crippen molar-refractivity contribution in [3.63, 3.8) is 0 Å². The molecule has 2 heterocycles. The molecular weight excluding hydrogens is 474 g/mol. The lowest BCUT2D eigenvalue weighted by Crippen LogP contribution is -2.43. The van der Waals surface area contributed by atoms with Crippen LogP contribution in [-0.4, -0.2) is 57.0 Å². The van der Waals surface area contributed by atoms with Crippen molar-refractivity contribution in [2.45, 2.75) is 42.0 Å². The Kier molecular flexibility index (Phi) is 7.80. The number of sulfonamides is 1. The molecule has 2 aliphatic rings. The quantitative estimate of drug-likeness (QED) is 0.624. The van der Waals surface area contributed by atoms with E-state index in [1.807, 2.05) is 24.3 Å². The summed E-state index contributed by atoms with van der Waals surface area (Å²) in [5, 5.41) is 2.83. The predicted octanol–water partition coefficient (Wildman–Crippen LogP) is 3.02. The molecule has 1 fully saturated rings. The first-order valence-corrected chi connectivity index (χ1v) is 13.8. The van der Waals surface area contributed by atoms with Gasteiger partial charge in [-0.3, -0.25) is 9.59 Å². The Hall–Kier alpha value is -2.56. The molecular formula is C24H29N3O5S2. The maximum absolute atomic E-state index is 13.3. The first-order valence-electron chi connectivity index (χ1n) is 11.4. The highest BCUT2D eigenvalue weighted by atomic mass is 32.2. The molecule has 0 bridgehead atoms. The number of fused-ring (bicyclic) bond motifs is 1. The Morgan fingerprint density at radius 3 is 2.56 bits per heavy atom. The monoisotopic (exact) mass is 503 g/mol. The molecule has 1 N–H and O–H groups in total. The molecule has 1 saturated heterocycles. The van der Waals surface area contributed by atoms with E-state index in [1.165, 1.54) is 27.0 Å². The molecule has 2 amide bonds. The Morgan fingerprint density at radius 1 is 1.09 bits per heavy atom. The van der Waals surface area contributed by atoms with Gasteiger partial charge < -0.3 is 15.0 Å². The van der Waals surface area contributed by atoms with Gasteiger partial charge in [-0.15, -0.1) is 11.8 Å². The van der Waals surface area contributed by atoms with Gasteiger partial charge in [-0.1, -0.05) is 31.0 Å². The number of carbonyl (C=O) groups is 2. The summed E-state index contributed by atoms with van der Waals surface area (Å²) < 4.78 is 33.4. The molecule has 0 atom stereocenters. The number of nitrogens with zero attached hydrogens (tertiary/aromatic N) is 2. The Morgan fingerprint density at radius 2 is 1.82 bits per heavy atom. The summed E-state index contributed by atoms with van der Waals surface area (Å²) in [5.74, 6) is 0.305. The number of methoxy groups -OCH3 is 1. The first kappa shape index (κ1) is 24.6. The zero-order valence-corrected chi connectivity index (χ0v) is 20.8. The molecule has 182 valence electrons. The SMILES string of the molecule is COc1ccccc1CNC(=O)CN1C(=O)CSc2ccc(S(=O)(=O)N3CCCCCC3)cc21. The normalized spacial score (nSPS) is 17.1. The fourth-order valence-electron chi connectivity index (χ4n) is 4.19. The highest BCUT2D eigenvalue weighted by Gasteiger charge is 2.31. The van der Waals surface area contributed by atoms with Gasteiger partial charge in [-0.05, 0) is 37.1 Å². The lowest BCUT2D eigenvalue weighted by atomic mass is 10.2. The molecule has 0 saturated carbocycles. The average Bonchev–Trinajstić information content (AvgIpc) is 3.15. The van der Waals surface area contributed by atoms with Gasteiger partial charge in [0.25, 0.3) is 0 Å². The van der Waals surface area contributed by atoms with Crippen molar-refractivity contribution < 1.29 is 22.7 Å². The number of amides is 2. The molecule has 0 spiro atoms. The van der Waals surface area contributed by atoms with Crippen LogP contribution in [0, 0.1) is 0 Å². The van der Waals surface area contributed by atoms with Crippen molar-refractivity contribution in [2.24, 2.45) is 0 Å². The second kappa shape index (κ2) is 10.8. The summed E-state index contributed by atoms with van der Waals surface area (Å²) in [5.41, 5.74) is 1.29. The zero-order valence-electron chi connectivity index (χ0n) is 19.2. The topological polar surface area (TPSA) is 96.0 Å². The first-order chi connectivity index (χ1) is 16.4. The number of para-hydroxylation sites is 1. The third-order valence-corrected chi connectivity index (χ3v) is 8.99. The molecule has 34 heavy (non-hydrogen) atoms. The van der Waals surface area contributed by atoms with Crippen LogP contribution < -0.4 is 15.0 Å². The highest BCUT2D eigenvalue weighted by molar-refractivity contribution is 8.00. The summed E-state index contributed by atoms with van der Waals surface area (Å²) in [6, 6.07) is 12.2. The lowest BCUT2D eigenvalue weighted by molar-refractivity contribution is -0.123. The van der Waals surface area contributed by atoms with Gasteiger partial charge in [0.05, 0.1) is 23.4 Å². The predicted molar refractivity (Wildman–Crippen MR) is 132 cm³/mol. The summed E-state index contributed by atoms with van der Waals surface area (Å²) >= 11 is 1.35. The summed E-state index contributed by atoms with van der Waals surface area (Å²) in [6.07, 6.45) is 3.74. The fourth-order valence-corrected chi connectivity index (χ4v) is 6.64. The van der Waals surface area contributed by atoms with Crippen LogP contribution in [0.2, 0.25) is 0 Å². The van der Waals surface area contributed by atoms with Crippen LogP contribution in [0.15, 0.2) is 52.3 Å². The smallest absolute Gasteiger partial charge is 0.243 e. The number of thioether (sulfide) groups is 1.